The average Bonchev–Trinajstić information content (AvgIpc) is 3.32. The van der Waals surface area contributed by atoms with Crippen LogP contribution in [0, 0.1) is 11.6 Å². The van der Waals surface area contributed by atoms with Crippen molar-refractivity contribution in [1.82, 2.24) is 4.57 Å². The van der Waals surface area contributed by atoms with Crippen LogP contribution in [0.5, 0.6) is 0 Å². The number of nitrogens with zero attached hydrogens (tertiary/aromatic N) is 1. The molecule has 2 atom stereocenters. The minimum absolute atomic E-state index is 0.111. The van der Waals surface area contributed by atoms with E-state index in [4.69, 9.17) is 10.8 Å². The van der Waals surface area contributed by atoms with E-state index in [1.165, 1.54) is 36.4 Å². The van der Waals surface area contributed by atoms with Crippen LogP contribution < -0.4 is 11.1 Å². The van der Waals surface area contributed by atoms with E-state index in [-0.39, 0.29) is 36.6 Å². The van der Waals surface area contributed by atoms with Crippen LogP contribution >= 0.6 is 0 Å². The second kappa shape index (κ2) is 14.3. The van der Waals surface area contributed by atoms with Crippen molar-refractivity contribution in [2.45, 2.75) is 57.8 Å². The van der Waals surface area contributed by atoms with Gasteiger partial charge >= 0.3 is 5.97 Å². The summed E-state index contributed by atoms with van der Waals surface area (Å²) < 4.78 is 29.9. The third kappa shape index (κ3) is 8.00. The Labute approximate surface area is 258 Å². The molecule has 4 aromatic rings. The van der Waals surface area contributed by atoms with Crippen LogP contribution in [0.3, 0.4) is 0 Å². The van der Waals surface area contributed by atoms with Crippen molar-refractivity contribution in [2.75, 3.05) is 5.32 Å². The van der Waals surface area contributed by atoms with Crippen LogP contribution in [0.25, 0.3) is 22.3 Å². The second-order valence-electron chi connectivity index (χ2n) is 11.1. The summed E-state index contributed by atoms with van der Waals surface area (Å²) in [6, 6.07) is 17.1. The minimum Gasteiger partial charge on any atom is -0.481 e. The summed E-state index contributed by atoms with van der Waals surface area (Å²) in [5, 5.41) is 32.7. The van der Waals surface area contributed by atoms with E-state index in [1.54, 1.807) is 36.4 Å². The summed E-state index contributed by atoms with van der Waals surface area (Å²) in [5.74, 6) is -3.26. The molecule has 11 heteroatoms. The maximum Gasteiger partial charge on any atom is 0.305 e. The van der Waals surface area contributed by atoms with Gasteiger partial charge in [-0.05, 0) is 92.8 Å². The number of hydrogen-bond acceptors (Lipinski definition) is 5. The quantitative estimate of drug-likeness (QED) is 0.132. The normalized spacial score (nSPS) is 12.6. The van der Waals surface area contributed by atoms with Crippen LogP contribution in [0.1, 0.15) is 65.7 Å². The van der Waals surface area contributed by atoms with E-state index in [0.29, 0.717) is 33.6 Å². The number of nitrogens with two attached hydrogens (primary N) is 1. The van der Waals surface area contributed by atoms with Crippen LogP contribution in [0.15, 0.2) is 72.8 Å². The fourth-order valence-corrected chi connectivity index (χ4v) is 5.43. The van der Waals surface area contributed by atoms with Gasteiger partial charge in [-0.2, -0.15) is 0 Å². The van der Waals surface area contributed by atoms with Crippen molar-refractivity contribution in [2.24, 2.45) is 5.73 Å². The first kappa shape index (κ1) is 33.0. The molecule has 45 heavy (non-hydrogen) atoms. The Balaban J connectivity index is 1.90. The highest BCUT2D eigenvalue weighted by Gasteiger charge is 2.31. The first-order valence-electron chi connectivity index (χ1n) is 14.4. The Morgan fingerprint density at radius 1 is 0.822 bits per heavy atom. The molecule has 4 rings (SSSR count). The number of rotatable bonds is 13. The first-order chi connectivity index (χ1) is 21.3. The van der Waals surface area contributed by atoms with Gasteiger partial charge in [-0.3, -0.25) is 14.4 Å². The molecule has 2 amide bonds. The number of aromatic nitrogens is 1. The smallest absolute Gasteiger partial charge is 0.305 e. The summed E-state index contributed by atoms with van der Waals surface area (Å²) >= 11 is 0. The van der Waals surface area contributed by atoms with E-state index in [1.807, 2.05) is 18.4 Å². The lowest BCUT2D eigenvalue weighted by molar-refractivity contribution is -0.139. The van der Waals surface area contributed by atoms with Gasteiger partial charge < -0.3 is 30.9 Å². The van der Waals surface area contributed by atoms with Gasteiger partial charge in [-0.1, -0.05) is 24.3 Å². The van der Waals surface area contributed by atoms with Crippen molar-refractivity contribution in [3.8, 4) is 22.3 Å². The minimum atomic E-state index is -1.25. The molecule has 0 unspecified atom stereocenters. The molecular weight excluding hydrogens is 584 g/mol. The summed E-state index contributed by atoms with van der Waals surface area (Å²) in [4.78, 5) is 36.7. The standard InChI is InChI=1S/C34H35F2N3O6/c1-19(2)39-28(16-15-26(40)17-27(41)18-29(42)43)30(20-3-9-23(35)10-4-20)31(21-5-11-24(36)12-6-21)32(39)34(45)38-25-13-7-22(8-14-25)33(37)44/h3-14,19,26-27,40-41H,15-18H2,1-2H3,(H2,37,44)(H,38,45)(H,42,43)/t26-,27-/m1/s1. The lowest BCUT2D eigenvalue weighted by Gasteiger charge is -2.20. The van der Waals surface area contributed by atoms with Crippen LogP contribution in [0.2, 0.25) is 0 Å². The number of carbonyl (C=O) groups excluding carboxylic acids is 2. The number of aliphatic hydroxyl groups is 2. The average molecular weight is 620 g/mol. The number of aliphatic carboxylic acids is 1. The predicted octanol–water partition coefficient (Wildman–Crippen LogP) is 5.55. The highest BCUT2D eigenvalue weighted by Crippen LogP contribution is 2.43. The SMILES string of the molecule is CC(C)n1c(CC[C@@H](O)C[C@@H](O)CC(=O)O)c(-c2ccc(F)cc2)c(-c2ccc(F)cc2)c1C(=O)Nc1ccc(C(N)=O)cc1. The molecule has 0 aliphatic heterocycles. The summed E-state index contributed by atoms with van der Waals surface area (Å²) in [6.07, 6.45) is -2.69. The van der Waals surface area contributed by atoms with E-state index in [0.717, 1.165) is 0 Å². The van der Waals surface area contributed by atoms with Crippen molar-refractivity contribution in [3.05, 3.63) is 101 Å². The third-order valence-corrected chi connectivity index (χ3v) is 7.40. The van der Waals surface area contributed by atoms with Crippen molar-refractivity contribution < 1.29 is 38.5 Å². The molecule has 3 aromatic carbocycles. The molecule has 6 N–H and O–H groups in total. The van der Waals surface area contributed by atoms with Crippen LogP contribution in [-0.2, 0) is 11.2 Å². The predicted molar refractivity (Wildman–Crippen MR) is 166 cm³/mol. The fourth-order valence-electron chi connectivity index (χ4n) is 5.43. The van der Waals surface area contributed by atoms with Gasteiger partial charge in [0.1, 0.15) is 17.3 Å². The zero-order valence-corrected chi connectivity index (χ0v) is 24.8. The maximum atomic E-state index is 14.2. The molecule has 0 fully saturated rings. The molecule has 236 valence electrons. The molecule has 1 heterocycles. The van der Waals surface area contributed by atoms with Gasteiger partial charge in [0.2, 0.25) is 5.91 Å². The number of amides is 2. The molecule has 0 saturated heterocycles. The molecule has 9 nitrogen and oxygen atoms in total. The molecule has 0 aliphatic rings. The van der Waals surface area contributed by atoms with Crippen molar-refractivity contribution in [1.29, 1.82) is 0 Å². The van der Waals surface area contributed by atoms with Gasteiger partial charge in [0, 0.05) is 34.1 Å². The Kier molecular flexibility index (Phi) is 10.5. The monoisotopic (exact) mass is 619 g/mol. The summed E-state index contributed by atoms with van der Waals surface area (Å²) in [7, 11) is 0. The Bertz CT molecular complexity index is 1670. The zero-order chi connectivity index (χ0) is 32.8. The highest BCUT2D eigenvalue weighted by molar-refractivity contribution is 6.11. The topological polar surface area (TPSA) is 155 Å². The van der Waals surface area contributed by atoms with Gasteiger partial charge in [0.25, 0.3) is 5.91 Å². The summed E-state index contributed by atoms with van der Waals surface area (Å²) in [5.41, 5.74) is 8.97. The lowest BCUT2D eigenvalue weighted by atomic mass is 9.92. The largest absolute Gasteiger partial charge is 0.481 e. The van der Waals surface area contributed by atoms with E-state index in [9.17, 15) is 33.4 Å². The second-order valence-corrected chi connectivity index (χ2v) is 11.1. The van der Waals surface area contributed by atoms with E-state index in [2.05, 4.69) is 5.32 Å². The van der Waals surface area contributed by atoms with E-state index < -0.39 is 48.0 Å². The van der Waals surface area contributed by atoms with Crippen molar-refractivity contribution >= 4 is 23.5 Å². The number of carboxylic acid groups (broad SMARTS) is 1. The van der Waals surface area contributed by atoms with Crippen molar-refractivity contribution in [3.63, 3.8) is 0 Å². The third-order valence-electron chi connectivity index (χ3n) is 7.40. The number of anilines is 1. The molecule has 0 spiro atoms. The molecule has 0 saturated carbocycles. The molecule has 0 radical (unpaired) electrons. The Morgan fingerprint density at radius 3 is 1.84 bits per heavy atom. The van der Waals surface area contributed by atoms with Gasteiger partial charge in [-0.15, -0.1) is 0 Å². The lowest BCUT2D eigenvalue weighted by Crippen LogP contribution is -2.23. The fraction of sp³-hybridized carbons (Fsp3) is 0.265. The number of carbonyl (C=O) groups is 3. The van der Waals surface area contributed by atoms with E-state index >= 15 is 0 Å². The number of primary amides is 1. The van der Waals surface area contributed by atoms with Crippen LogP contribution in [0.4, 0.5) is 14.5 Å². The number of halogens is 2. The number of nitrogens with one attached hydrogen (secondary N) is 1. The number of benzene rings is 3. The molecular formula is C34H35F2N3O6. The van der Waals surface area contributed by atoms with Gasteiger partial charge in [0.15, 0.2) is 0 Å². The number of aliphatic hydroxyl groups excluding tert-OH is 2. The molecule has 0 bridgehead atoms. The number of hydrogen-bond donors (Lipinski definition) is 5. The molecule has 0 aliphatic carbocycles. The highest BCUT2D eigenvalue weighted by atomic mass is 19.1. The molecule has 1 aromatic heterocycles. The number of carboxylic acids is 1. The Hall–Kier alpha value is -4.87. The maximum absolute atomic E-state index is 14.2. The summed E-state index contributed by atoms with van der Waals surface area (Å²) in [6.45, 7) is 3.75. The van der Waals surface area contributed by atoms with Crippen LogP contribution in [-0.4, -0.2) is 49.9 Å². The zero-order valence-electron chi connectivity index (χ0n) is 24.8. The Morgan fingerprint density at radius 2 is 1.36 bits per heavy atom. The first-order valence-corrected chi connectivity index (χ1v) is 14.4. The van der Waals surface area contributed by atoms with Gasteiger partial charge in [0.05, 0.1) is 18.6 Å². The van der Waals surface area contributed by atoms with Gasteiger partial charge in [-0.25, -0.2) is 8.78 Å².